The van der Waals surface area contributed by atoms with Crippen molar-refractivity contribution in [2.24, 2.45) is 7.05 Å². The first-order valence-electron chi connectivity index (χ1n) is 3.85. The maximum atomic E-state index is 5.51. The highest BCUT2D eigenvalue weighted by Crippen LogP contribution is 2.20. The second-order valence-electron chi connectivity index (χ2n) is 2.66. The SMILES string of the molecule is Cc1nn(C)c(C)c1OCCCl. The molecular weight excluding hydrogens is 176 g/mol. The monoisotopic (exact) mass is 188 g/mol. The molecule has 0 aliphatic rings. The first-order valence-corrected chi connectivity index (χ1v) is 4.39. The molecule has 0 unspecified atom stereocenters. The summed E-state index contributed by atoms with van der Waals surface area (Å²) < 4.78 is 7.23. The molecule has 0 fully saturated rings. The van der Waals surface area contributed by atoms with Gasteiger partial charge in [0.15, 0.2) is 5.75 Å². The van der Waals surface area contributed by atoms with Crippen LogP contribution in [0, 0.1) is 13.8 Å². The van der Waals surface area contributed by atoms with Gasteiger partial charge in [0.2, 0.25) is 0 Å². The molecule has 0 radical (unpaired) electrons. The molecule has 3 nitrogen and oxygen atoms in total. The summed E-state index contributed by atoms with van der Waals surface area (Å²) in [6.07, 6.45) is 0. The summed E-state index contributed by atoms with van der Waals surface area (Å²) in [5.74, 6) is 1.37. The van der Waals surface area contributed by atoms with Crippen LogP contribution in [0.4, 0.5) is 0 Å². The Morgan fingerprint density at radius 3 is 2.58 bits per heavy atom. The molecule has 1 heterocycles. The Balaban J connectivity index is 2.82. The molecule has 0 atom stereocenters. The third-order valence-corrected chi connectivity index (χ3v) is 1.92. The minimum atomic E-state index is 0.508. The van der Waals surface area contributed by atoms with E-state index in [2.05, 4.69) is 5.10 Å². The lowest BCUT2D eigenvalue weighted by atomic mass is 10.3. The van der Waals surface area contributed by atoms with Crippen LogP contribution in [0.15, 0.2) is 0 Å². The number of halogens is 1. The van der Waals surface area contributed by atoms with Crippen LogP contribution < -0.4 is 4.74 Å². The quantitative estimate of drug-likeness (QED) is 0.675. The van der Waals surface area contributed by atoms with Crippen LogP contribution in [0.5, 0.6) is 5.75 Å². The van der Waals surface area contributed by atoms with E-state index in [9.17, 15) is 0 Å². The Hall–Kier alpha value is -0.700. The number of rotatable bonds is 3. The molecule has 0 saturated heterocycles. The van der Waals surface area contributed by atoms with Gasteiger partial charge in [0.1, 0.15) is 12.3 Å². The number of nitrogens with zero attached hydrogens (tertiary/aromatic N) is 2. The molecule has 0 N–H and O–H groups in total. The van der Waals surface area contributed by atoms with Crippen molar-refractivity contribution in [2.75, 3.05) is 12.5 Å². The van der Waals surface area contributed by atoms with E-state index in [1.807, 2.05) is 20.9 Å². The van der Waals surface area contributed by atoms with Crippen molar-refractivity contribution in [1.29, 1.82) is 0 Å². The fraction of sp³-hybridized carbons (Fsp3) is 0.625. The van der Waals surface area contributed by atoms with Crippen molar-refractivity contribution in [3.8, 4) is 5.75 Å². The van der Waals surface area contributed by atoms with E-state index in [0.717, 1.165) is 17.1 Å². The molecule has 4 heteroatoms. The fourth-order valence-corrected chi connectivity index (χ4v) is 1.18. The number of hydrogen-bond donors (Lipinski definition) is 0. The Morgan fingerprint density at radius 1 is 1.50 bits per heavy atom. The average Bonchev–Trinajstić information content (AvgIpc) is 2.25. The molecule has 1 aromatic rings. The summed E-state index contributed by atoms with van der Waals surface area (Å²) >= 11 is 5.51. The number of ether oxygens (including phenoxy) is 1. The lowest BCUT2D eigenvalue weighted by Gasteiger charge is -2.02. The largest absolute Gasteiger partial charge is 0.488 e. The van der Waals surface area contributed by atoms with E-state index in [1.54, 1.807) is 4.68 Å². The first kappa shape index (κ1) is 9.39. The van der Waals surface area contributed by atoms with E-state index in [0.29, 0.717) is 12.5 Å². The van der Waals surface area contributed by atoms with Crippen LogP contribution in [-0.2, 0) is 7.05 Å². The van der Waals surface area contributed by atoms with Gasteiger partial charge in [-0.1, -0.05) is 0 Å². The maximum Gasteiger partial charge on any atom is 0.163 e. The van der Waals surface area contributed by atoms with Crippen molar-refractivity contribution >= 4 is 11.6 Å². The summed E-state index contributed by atoms with van der Waals surface area (Å²) in [5.41, 5.74) is 1.96. The molecule has 0 spiro atoms. The Morgan fingerprint density at radius 2 is 2.17 bits per heavy atom. The highest BCUT2D eigenvalue weighted by atomic mass is 35.5. The molecule has 12 heavy (non-hydrogen) atoms. The minimum Gasteiger partial charge on any atom is -0.488 e. The summed E-state index contributed by atoms with van der Waals surface area (Å²) in [4.78, 5) is 0. The van der Waals surface area contributed by atoms with E-state index in [4.69, 9.17) is 16.3 Å². The van der Waals surface area contributed by atoms with Crippen LogP contribution in [-0.4, -0.2) is 22.3 Å². The van der Waals surface area contributed by atoms with Gasteiger partial charge in [-0.3, -0.25) is 4.68 Å². The Bertz CT molecular complexity index is 270. The van der Waals surface area contributed by atoms with E-state index in [-0.39, 0.29) is 0 Å². The van der Waals surface area contributed by atoms with Crippen molar-refractivity contribution < 1.29 is 4.74 Å². The standard InChI is InChI=1S/C8H13ClN2O/c1-6-8(12-5-4-9)7(2)11(3)10-6/h4-5H2,1-3H3. The highest BCUT2D eigenvalue weighted by Gasteiger charge is 2.09. The summed E-state index contributed by atoms with van der Waals surface area (Å²) in [6.45, 7) is 4.44. The zero-order valence-electron chi connectivity index (χ0n) is 7.59. The van der Waals surface area contributed by atoms with Gasteiger partial charge in [-0.2, -0.15) is 5.10 Å². The summed E-state index contributed by atoms with van der Waals surface area (Å²) in [7, 11) is 1.90. The van der Waals surface area contributed by atoms with E-state index in [1.165, 1.54) is 0 Å². The van der Waals surface area contributed by atoms with Gasteiger partial charge in [0.05, 0.1) is 11.6 Å². The van der Waals surface area contributed by atoms with Crippen LogP contribution in [0.25, 0.3) is 0 Å². The van der Waals surface area contributed by atoms with Crippen molar-refractivity contribution in [1.82, 2.24) is 9.78 Å². The number of alkyl halides is 1. The lowest BCUT2D eigenvalue weighted by Crippen LogP contribution is -2.00. The molecule has 0 saturated carbocycles. The molecule has 1 rings (SSSR count). The molecule has 0 aromatic carbocycles. The van der Waals surface area contributed by atoms with Gasteiger partial charge >= 0.3 is 0 Å². The van der Waals surface area contributed by atoms with Gasteiger partial charge < -0.3 is 4.74 Å². The van der Waals surface area contributed by atoms with Crippen molar-refractivity contribution in [3.63, 3.8) is 0 Å². The minimum absolute atomic E-state index is 0.508. The Labute approximate surface area is 77.3 Å². The Kier molecular flexibility index (Phi) is 2.98. The average molecular weight is 189 g/mol. The predicted octanol–water partition coefficient (Wildman–Crippen LogP) is 1.65. The maximum absolute atomic E-state index is 5.51. The zero-order valence-corrected chi connectivity index (χ0v) is 8.35. The van der Waals surface area contributed by atoms with E-state index >= 15 is 0 Å². The van der Waals surface area contributed by atoms with Gasteiger partial charge in [0.25, 0.3) is 0 Å². The third-order valence-electron chi connectivity index (χ3n) is 1.77. The van der Waals surface area contributed by atoms with Crippen LogP contribution in [0.1, 0.15) is 11.4 Å². The zero-order chi connectivity index (χ0) is 9.14. The van der Waals surface area contributed by atoms with Gasteiger partial charge in [-0.05, 0) is 13.8 Å². The molecule has 0 bridgehead atoms. The second-order valence-corrected chi connectivity index (χ2v) is 3.04. The first-order chi connectivity index (χ1) is 5.66. The number of hydrogen-bond acceptors (Lipinski definition) is 2. The van der Waals surface area contributed by atoms with Crippen molar-refractivity contribution in [2.45, 2.75) is 13.8 Å². The number of aromatic nitrogens is 2. The third kappa shape index (κ3) is 1.72. The molecular formula is C8H13ClN2O. The van der Waals surface area contributed by atoms with E-state index < -0.39 is 0 Å². The molecule has 1 aromatic heterocycles. The fourth-order valence-electron chi connectivity index (χ4n) is 1.10. The van der Waals surface area contributed by atoms with Gasteiger partial charge in [-0.15, -0.1) is 11.6 Å². The molecule has 0 amide bonds. The van der Waals surface area contributed by atoms with Crippen LogP contribution >= 0.6 is 11.6 Å². The number of aryl methyl sites for hydroxylation is 2. The molecule has 68 valence electrons. The van der Waals surface area contributed by atoms with Crippen LogP contribution in [0.3, 0.4) is 0 Å². The van der Waals surface area contributed by atoms with Gasteiger partial charge in [-0.25, -0.2) is 0 Å². The smallest absolute Gasteiger partial charge is 0.163 e. The van der Waals surface area contributed by atoms with Gasteiger partial charge in [0, 0.05) is 7.05 Å². The van der Waals surface area contributed by atoms with Crippen LogP contribution in [0.2, 0.25) is 0 Å². The highest BCUT2D eigenvalue weighted by molar-refractivity contribution is 6.18. The summed E-state index contributed by atoms with van der Waals surface area (Å²) in [5, 5.41) is 4.21. The topological polar surface area (TPSA) is 27.1 Å². The molecule has 0 aliphatic heterocycles. The second kappa shape index (κ2) is 3.81. The lowest BCUT2D eigenvalue weighted by molar-refractivity contribution is 0.337. The normalized spacial score (nSPS) is 10.3. The molecule has 0 aliphatic carbocycles. The summed E-state index contributed by atoms with van der Waals surface area (Å²) in [6, 6.07) is 0. The predicted molar refractivity (Wildman–Crippen MR) is 48.9 cm³/mol. The van der Waals surface area contributed by atoms with Crippen molar-refractivity contribution in [3.05, 3.63) is 11.4 Å².